The van der Waals surface area contributed by atoms with Gasteiger partial charge in [-0.3, -0.25) is 19.3 Å². The fourth-order valence-corrected chi connectivity index (χ4v) is 6.51. The summed E-state index contributed by atoms with van der Waals surface area (Å²) in [5.74, 6) is -0.245. The minimum absolute atomic E-state index is 0.0280. The summed E-state index contributed by atoms with van der Waals surface area (Å²) in [5.41, 5.74) is 2.04. The third-order valence-electron chi connectivity index (χ3n) is 8.85. The number of piperazine rings is 1. The first-order chi connectivity index (χ1) is 20.9. The number of carbonyl (C=O) groups excluding carboxylic acids is 3. The smallest absolute Gasteiger partial charge is 0.245 e. The number of nitrogens with zero attached hydrogens (tertiary/aromatic N) is 2. The lowest BCUT2D eigenvalue weighted by atomic mass is 9.97. The van der Waals surface area contributed by atoms with Crippen LogP contribution in [-0.2, 0) is 27.2 Å². The molecule has 2 aliphatic heterocycles. The number of rotatable bonds is 10. The predicted octanol–water partition coefficient (Wildman–Crippen LogP) is 3.55. The second-order valence-electron chi connectivity index (χ2n) is 11.6. The quantitative estimate of drug-likeness (QED) is 0.330. The van der Waals surface area contributed by atoms with E-state index in [1.807, 2.05) is 29.2 Å². The summed E-state index contributed by atoms with van der Waals surface area (Å²) in [7, 11) is 1.68. The highest BCUT2D eigenvalue weighted by atomic mass is 35.5. The molecule has 0 bridgehead atoms. The Kier molecular flexibility index (Phi) is 10.3. The van der Waals surface area contributed by atoms with Crippen LogP contribution in [0.15, 0.2) is 66.7 Å². The van der Waals surface area contributed by atoms with E-state index in [1.54, 1.807) is 19.2 Å². The maximum absolute atomic E-state index is 14.1. The number of likely N-dealkylation sites (N-methyl/N-ethyl adjacent to an activating group) is 1. The van der Waals surface area contributed by atoms with Crippen molar-refractivity contribution in [2.45, 2.75) is 63.2 Å². The summed E-state index contributed by atoms with van der Waals surface area (Å²) >= 11 is 6.10. The van der Waals surface area contributed by atoms with Gasteiger partial charge in [0.1, 0.15) is 6.04 Å². The van der Waals surface area contributed by atoms with Crippen LogP contribution in [0.5, 0.6) is 0 Å². The molecule has 1 unspecified atom stereocenters. The van der Waals surface area contributed by atoms with Crippen LogP contribution in [0.1, 0.15) is 37.3 Å². The number of benzene rings is 3. The van der Waals surface area contributed by atoms with Crippen molar-refractivity contribution in [3.05, 3.63) is 82.9 Å². The van der Waals surface area contributed by atoms with Crippen LogP contribution >= 0.6 is 11.6 Å². The maximum atomic E-state index is 14.1. The van der Waals surface area contributed by atoms with E-state index in [1.165, 1.54) is 5.39 Å². The van der Waals surface area contributed by atoms with Crippen LogP contribution in [0.4, 0.5) is 0 Å². The second kappa shape index (κ2) is 14.3. The highest BCUT2D eigenvalue weighted by Gasteiger charge is 2.38. The van der Waals surface area contributed by atoms with Crippen molar-refractivity contribution in [3.63, 3.8) is 0 Å². The number of amides is 3. The highest BCUT2D eigenvalue weighted by molar-refractivity contribution is 6.30. The molecule has 0 saturated carbocycles. The Balaban J connectivity index is 1.32. The number of hydrogen-bond donors (Lipinski definition) is 3. The van der Waals surface area contributed by atoms with Crippen LogP contribution in [0, 0.1) is 0 Å². The summed E-state index contributed by atoms with van der Waals surface area (Å²) in [4.78, 5) is 44.6. The molecule has 0 spiro atoms. The van der Waals surface area contributed by atoms with Gasteiger partial charge in [-0.2, -0.15) is 0 Å². The van der Waals surface area contributed by atoms with Crippen molar-refractivity contribution >= 4 is 40.1 Å². The van der Waals surface area contributed by atoms with Gasteiger partial charge < -0.3 is 20.9 Å². The van der Waals surface area contributed by atoms with Crippen LogP contribution in [-0.4, -0.2) is 84.9 Å². The molecule has 43 heavy (non-hydrogen) atoms. The minimum atomic E-state index is -0.691. The molecule has 9 heteroatoms. The topological polar surface area (TPSA) is 93.8 Å². The molecule has 3 aromatic rings. The normalized spacial score (nSPS) is 20.5. The van der Waals surface area contributed by atoms with Crippen molar-refractivity contribution in [1.82, 2.24) is 25.8 Å². The van der Waals surface area contributed by atoms with E-state index in [4.69, 9.17) is 11.6 Å². The molecule has 2 heterocycles. The SMILES string of the molecule is CC[C@H]1CN([C@@H](Cc2ccc3ccccc3c2)C(=O)NC)CCN1C(=O)[C@@H](Cc1ccc(Cl)cc1)NC(=O)C1CCCN1. The summed E-state index contributed by atoms with van der Waals surface area (Å²) in [6.45, 7) is 4.51. The van der Waals surface area contributed by atoms with Gasteiger partial charge in [0, 0.05) is 44.2 Å². The summed E-state index contributed by atoms with van der Waals surface area (Å²) in [6.07, 6.45) is 3.42. The maximum Gasteiger partial charge on any atom is 0.245 e. The van der Waals surface area contributed by atoms with Crippen molar-refractivity contribution in [2.24, 2.45) is 0 Å². The van der Waals surface area contributed by atoms with Gasteiger partial charge in [-0.15, -0.1) is 0 Å². The number of hydrogen-bond acceptors (Lipinski definition) is 5. The van der Waals surface area contributed by atoms with Gasteiger partial charge in [0.2, 0.25) is 17.7 Å². The summed E-state index contributed by atoms with van der Waals surface area (Å²) in [6, 6.07) is 20.6. The molecule has 5 rings (SSSR count). The number of fused-ring (bicyclic) bond motifs is 1. The molecule has 0 aliphatic carbocycles. The first kappa shape index (κ1) is 31.0. The van der Waals surface area contributed by atoms with Crippen LogP contribution in [0.25, 0.3) is 10.8 Å². The monoisotopic (exact) mass is 603 g/mol. The van der Waals surface area contributed by atoms with E-state index in [0.29, 0.717) is 37.5 Å². The van der Waals surface area contributed by atoms with E-state index in [2.05, 4.69) is 58.1 Å². The average Bonchev–Trinajstić information content (AvgIpc) is 3.59. The van der Waals surface area contributed by atoms with Gasteiger partial charge in [0.05, 0.1) is 12.1 Å². The number of nitrogens with one attached hydrogen (secondary N) is 3. The lowest BCUT2D eigenvalue weighted by Crippen LogP contribution is -2.63. The Labute approximate surface area is 259 Å². The van der Waals surface area contributed by atoms with Crippen molar-refractivity contribution in [1.29, 1.82) is 0 Å². The van der Waals surface area contributed by atoms with E-state index in [9.17, 15) is 14.4 Å². The van der Waals surface area contributed by atoms with E-state index >= 15 is 0 Å². The van der Waals surface area contributed by atoms with Gasteiger partial charge in [0.15, 0.2) is 0 Å². The molecular weight excluding hydrogens is 562 g/mol. The molecule has 3 amide bonds. The van der Waals surface area contributed by atoms with Gasteiger partial charge in [0.25, 0.3) is 0 Å². The molecule has 8 nitrogen and oxygen atoms in total. The second-order valence-corrected chi connectivity index (χ2v) is 12.1. The molecule has 3 aromatic carbocycles. The lowest BCUT2D eigenvalue weighted by Gasteiger charge is -2.45. The third-order valence-corrected chi connectivity index (χ3v) is 9.10. The van der Waals surface area contributed by atoms with E-state index in [0.717, 1.165) is 42.3 Å². The molecule has 228 valence electrons. The molecule has 2 fully saturated rings. The van der Waals surface area contributed by atoms with Gasteiger partial charge in [-0.25, -0.2) is 0 Å². The van der Waals surface area contributed by atoms with Crippen molar-refractivity contribution < 1.29 is 14.4 Å². The molecule has 3 N–H and O–H groups in total. The molecule has 2 aliphatic rings. The summed E-state index contributed by atoms with van der Waals surface area (Å²) in [5, 5.41) is 12.1. The zero-order valence-electron chi connectivity index (χ0n) is 25.0. The van der Waals surface area contributed by atoms with Crippen LogP contribution in [0.3, 0.4) is 0 Å². The first-order valence-electron chi connectivity index (χ1n) is 15.4. The third kappa shape index (κ3) is 7.55. The van der Waals surface area contributed by atoms with Crippen molar-refractivity contribution in [3.8, 4) is 0 Å². The predicted molar refractivity (Wildman–Crippen MR) is 171 cm³/mol. The lowest BCUT2D eigenvalue weighted by molar-refractivity contribution is -0.142. The number of carbonyl (C=O) groups is 3. The average molecular weight is 604 g/mol. The minimum Gasteiger partial charge on any atom is -0.358 e. The van der Waals surface area contributed by atoms with Crippen molar-refractivity contribution in [2.75, 3.05) is 33.2 Å². The Hall–Kier alpha value is -3.46. The largest absolute Gasteiger partial charge is 0.358 e. The summed E-state index contributed by atoms with van der Waals surface area (Å²) < 4.78 is 0. The van der Waals surface area contributed by atoms with Crippen LogP contribution in [0.2, 0.25) is 5.02 Å². The Morgan fingerprint density at radius 1 is 0.977 bits per heavy atom. The molecule has 4 atom stereocenters. The zero-order chi connectivity index (χ0) is 30.3. The molecule has 0 aromatic heterocycles. The first-order valence-corrected chi connectivity index (χ1v) is 15.8. The highest BCUT2D eigenvalue weighted by Crippen LogP contribution is 2.23. The zero-order valence-corrected chi connectivity index (χ0v) is 25.8. The van der Waals surface area contributed by atoms with E-state index < -0.39 is 6.04 Å². The standard InChI is InChI=1S/C34H42ClN5O3/c1-3-28-22-39(31(33(42)36-2)21-24-10-13-25-7-4-5-8-26(25)19-24)17-18-40(28)34(43)30(20-23-11-14-27(35)15-12-23)38-32(41)29-9-6-16-37-29/h4-5,7-8,10-15,19,28-31,37H,3,6,9,16-18,20-22H2,1-2H3,(H,36,42)(H,38,41)/t28-,29?,30+,31-/m0/s1. The van der Waals surface area contributed by atoms with E-state index in [-0.39, 0.29) is 35.8 Å². The Morgan fingerprint density at radius 3 is 2.42 bits per heavy atom. The molecule has 2 saturated heterocycles. The fraction of sp³-hybridized carbons (Fsp3) is 0.441. The Bertz CT molecular complexity index is 1430. The Morgan fingerprint density at radius 2 is 1.72 bits per heavy atom. The molecule has 0 radical (unpaired) electrons. The number of halogens is 1. The fourth-order valence-electron chi connectivity index (χ4n) is 6.38. The van der Waals surface area contributed by atoms with Crippen LogP contribution < -0.4 is 16.0 Å². The van der Waals surface area contributed by atoms with Gasteiger partial charge in [-0.05, 0) is 66.3 Å². The van der Waals surface area contributed by atoms with Gasteiger partial charge in [-0.1, -0.05) is 73.1 Å². The molecular formula is C34H42ClN5O3. The van der Waals surface area contributed by atoms with Gasteiger partial charge >= 0.3 is 0 Å².